The Labute approximate surface area is 88.8 Å². The lowest BCUT2D eigenvalue weighted by molar-refractivity contribution is 0.187. The smallest absolute Gasteiger partial charge is 0.0221 e. The van der Waals surface area contributed by atoms with Crippen LogP contribution in [0.4, 0.5) is 0 Å². The molecule has 2 N–H and O–H groups in total. The standard InChI is InChI=1S/C12H26N2/c1-3-5-6-7-12(10-13)14(4-2)11-8-9-11/h11-12H,3-10,13H2,1-2H3. The predicted molar refractivity (Wildman–Crippen MR) is 62.4 cm³/mol. The molecule has 0 aromatic carbocycles. The highest BCUT2D eigenvalue weighted by Gasteiger charge is 2.31. The zero-order chi connectivity index (χ0) is 10.4. The van der Waals surface area contributed by atoms with Gasteiger partial charge in [0.2, 0.25) is 0 Å². The van der Waals surface area contributed by atoms with Crippen molar-refractivity contribution in [3.8, 4) is 0 Å². The van der Waals surface area contributed by atoms with Gasteiger partial charge in [-0.25, -0.2) is 0 Å². The van der Waals surface area contributed by atoms with Gasteiger partial charge in [0, 0.05) is 18.6 Å². The maximum Gasteiger partial charge on any atom is 0.0221 e. The second-order valence-corrected chi connectivity index (χ2v) is 4.45. The SMILES string of the molecule is CCCCCC(CN)N(CC)C1CC1. The third-order valence-corrected chi connectivity index (χ3v) is 3.26. The monoisotopic (exact) mass is 198 g/mol. The Hall–Kier alpha value is -0.0800. The van der Waals surface area contributed by atoms with Gasteiger partial charge < -0.3 is 5.73 Å². The molecule has 0 aliphatic heterocycles. The van der Waals surface area contributed by atoms with E-state index in [1.54, 1.807) is 0 Å². The quantitative estimate of drug-likeness (QED) is 0.607. The fourth-order valence-electron chi connectivity index (χ4n) is 2.27. The van der Waals surface area contributed by atoms with E-state index in [0.717, 1.165) is 12.6 Å². The van der Waals surface area contributed by atoms with Crippen LogP contribution in [0.2, 0.25) is 0 Å². The third kappa shape index (κ3) is 3.58. The van der Waals surface area contributed by atoms with Crippen LogP contribution in [-0.2, 0) is 0 Å². The van der Waals surface area contributed by atoms with E-state index >= 15 is 0 Å². The van der Waals surface area contributed by atoms with Crippen LogP contribution in [0.1, 0.15) is 52.4 Å². The minimum atomic E-state index is 0.652. The van der Waals surface area contributed by atoms with Gasteiger partial charge in [0.05, 0.1) is 0 Å². The van der Waals surface area contributed by atoms with Crippen LogP contribution in [-0.4, -0.2) is 30.1 Å². The molecule has 0 aromatic heterocycles. The van der Waals surface area contributed by atoms with Gasteiger partial charge in [0.1, 0.15) is 0 Å². The summed E-state index contributed by atoms with van der Waals surface area (Å²) in [6.45, 7) is 6.55. The molecule has 1 aliphatic carbocycles. The average Bonchev–Trinajstić information content (AvgIpc) is 3.01. The summed E-state index contributed by atoms with van der Waals surface area (Å²) >= 11 is 0. The van der Waals surface area contributed by atoms with Crippen molar-refractivity contribution in [1.29, 1.82) is 0 Å². The van der Waals surface area contributed by atoms with Crippen LogP contribution >= 0.6 is 0 Å². The highest BCUT2D eigenvalue weighted by Crippen LogP contribution is 2.29. The Balaban J connectivity index is 2.26. The number of likely N-dealkylation sites (N-methyl/N-ethyl adjacent to an activating group) is 1. The summed E-state index contributed by atoms with van der Waals surface area (Å²) in [5.74, 6) is 0. The lowest BCUT2D eigenvalue weighted by Crippen LogP contribution is -2.41. The van der Waals surface area contributed by atoms with Crippen LogP contribution in [0.3, 0.4) is 0 Å². The summed E-state index contributed by atoms with van der Waals surface area (Å²) in [5.41, 5.74) is 5.86. The first-order valence-electron chi connectivity index (χ1n) is 6.29. The first-order valence-corrected chi connectivity index (χ1v) is 6.29. The Morgan fingerprint density at radius 2 is 2.00 bits per heavy atom. The van der Waals surface area contributed by atoms with Gasteiger partial charge in [-0.1, -0.05) is 33.1 Å². The van der Waals surface area contributed by atoms with E-state index in [0.29, 0.717) is 6.04 Å². The highest BCUT2D eigenvalue weighted by molar-refractivity contribution is 4.88. The van der Waals surface area contributed by atoms with E-state index in [2.05, 4.69) is 18.7 Å². The second-order valence-electron chi connectivity index (χ2n) is 4.45. The van der Waals surface area contributed by atoms with E-state index in [-0.39, 0.29) is 0 Å². The highest BCUT2D eigenvalue weighted by atomic mass is 15.2. The summed E-state index contributed by atoms with van der Waals surface area (Å²) in [6.07, 6.45) is 8.12. The molecule has 1 atom stereocenters. The molecule has 0 heterocycles. The molecule has 2 heteroatoms. The summed E-state index contributed by atoms with van der Waals surface area (Å²) in [5, 5.41) is 0. The Kier molecular flexibility index (Phi) is 5.49. The summed E-state index contributed by atoms with van der Waals surface area (Å²) in [6, 6.07) is 1.52. The molecule has 1 unspecified atom stereocenters. The summed E-state index contributed by atoms with van der Waals surface area (Å²) in [7, 11) is 0. The second kappa shape index (κ2) is 6.41. The molecule has 0 amide bonds. The largest absolute Gasteiger partial charge is 0.329 e. The first-order chi connectivity index (χ1) is 6.83. The molecular formula is C12H26N2. The van der Waals surface area contributed by atoms with Crippen molar-refractivity contribution >= 4 is 0 Å². The lowest BCUT2D eigenvalue weighted by Gasteiger charge is -2.29. The lowest BCUT2D eigenvalue weighted by atomic mass is 10.1. The number of unbranched alkanes of at least 4 members (excludes halogenated alkanes) is 2. The van der Waals surface area contributed by atoms with Crippen LogP contribution < -0.4 is 5.73 Å². The molecule has 1 fully saturated rings. The Morgan fingerprint density at radius 1 is 1.29 bits per heavy atom. The molecule has 14 heavy (non-hydrogen) atoms. The van der Waals surface area contributed by atoms with Crippen LogP contribution in [0.5, 0.6) is 0 Å². The van der Waals surface area contributed by atoms with Gasteiger partial charge >= 0.3 is 0 Å². The molecule has 2 nitrogen and oxygen atoms in total. The zero-order valence-electron chi connectivity index (χ0n) is 9.84. The molecule has 0 spiro atoms. The summed E-state index contributed by atoms with van der Waals surface area (Å²) in [4.78, 5) is 2.62. The van der Waals surface area contributed by atoms with Crippen molar-refractivity contribution < 1.29 is 0 Å². The maximum atomic E-state index is 5.86. The normalized spacial score (nSPS) is 18.9. The van der Waals surface area contributed by atoms with E-state index in [1.807, 2.05) is 0 Å². The van der Waals surface area contributed by atoms with Crippen molar-refractivity contribution in [2.75, 3.05) is 13.1 Å². The first kappa shape index (κ1) is 12.0. The van der Waals surface area contributed by atoms with Gasteiger partial charge in [-0.15, -0.1) is 0 Å². The topological polar surface area (TPSA) is 29.3 Å². The number of nitrogens with two attached hydrogens (primary N) is 1. The molecule has 0 saturated heterocycles. The third-order valence-electron chi connectivity index (χ3n) is 3.26. The molecule has 1 rings (SSSR count). The van der Waals surface area contributed by atoms with Crippen molar-refractivity contribution in [1.82, 2.24) is 4.90 Å². The minimum Gasteiger partial charge on any atom is -0.329 e. The van der Waals surface area contributed by atoms with E-state index in [4.69, 9.17) is 5.73 Å². The maximum absolute atomic E-state index is 5.86. The fraction of sp³-hybridized carbons (Fsp3) is 1.00. The fourth-order valence-corrected chi connectivity index (χ4v) is 2.27. The molecule has 1 aliphatic rings. The Morgan fingerprint density at radius 3 is 2.43 bits per heavy atom. The Bertz CT molecular complexity index is 143. The van der Waals surface area contributed by atoms with Gasteiger partial charge in [-0.05, 0) is 25.8 Å². The predicted octanol–water partition coefficient (Wildman–Crippen LogP) is 2.38. The minimum absolute atomic E-state index is 0.652. The number of rotatable bonds is 8. The van der Waals surface area contributed by atoms with E-state index < -0.39 is 0 Å². The van der Waals surface area contributed by atoms with Gasteiger partial charge in [0.15, 0.2) is 0 Å². The molecule has 1 saturated carbocycles. The van der Waals surface area contributed by atoms with Gasteiger partial charge in [-0.2, -0.15) is 0 Å². The molecule has 0 aromatic rings. The van der Waals surface area contributed by atoms with Crippen molar-refractivity contribution in [2.45, 2.75) is 64.5 Å². The zero-order valence-corrected chi connectivity index (χ0v) is 9.84. The van der Waals surface area contributed by atoms with Gasteiger partial charge in [-0.3, -0.25) is 4.90 Å². The number of nitrogens with zero attached hydrogens (tertiary/aromatic N) is 1. The van der Waals surface area contributed by atoms with Gasteiger partial charge in [0.25, 0.3) is 0 Å². The average molecular weight is 198 g/mol. The van der Waals surface area contributed by atoms with Crippen molar-refractivity contribution in [3.05, 3.63) is 0 Å². The van der Waals surface area contributed by atoms with Crippen LogP contribution in [0.25, 0.3) is 0 Å². The molecule has 0 bridgehead atoms. The summed E-state index contributed by atoms with van der Waals surface area (Å²) < 4.78 is 0. The molecule has 0 radical (unpaired) electrons. The molecule has 84 valence electrons. The van der Waals surface area contributed by atoms with Crippen LogP contribution in [0, 0.1) is 0 Å². The van der Waals surface area contributed by atoms with E-state index in [1.165, 1.54) is 45.1 Å². The molecular weight excluding hydrogens is 172 g/mol. The van der Waals surface area contributed by atoms with E-state index in [9.17, 15) is 0 Å². The number of hydrogen-bond acceptors (Lipinski definition) is 2. The number of hydrogen-bond donors (Lipinski definition) is 1. The van der Waals surface area contributed by atoms with Crippen molar-refractivity contribution in [3.63, 3.8) is 0 Å². The van der Waals surface area contributed by atoms with Crippen LogP contribution in [0.15, 0.2) is 0 Å². The van der Waals surface area contributed by atoms with Crippen molar-refractivity contribution in [2.24, 2.45) is 5.73 Å².